The number of halogens is 2. The summed E-state index contributed by atoms with van der Waals surface area (Å²) in [5, 5.41) is 0.892. The van der Waals surface area contributed by atoms with E-state index in [1.165, 1.54) is 0 Å². The lowest BCUT2D eigenvalue weighted by Crippen LogP contribution is -2.05. The van der Waals surface area contributed by atoms with Crippen molar-refractivity contribution >= 4 is 52.9 Å². The van der Waals surface area contributed by atoms with Crippen LogP contribution in [0.1, 0.15) is 11.1 Å². The maximum atomic E-state index is 12.0. The van der Waals surface area contributed by atoms with Gasteiger partial charge in [0.25, 0.3) is 0 Å². The molecule has 0 spiro atoms. The van der Waals surface area contributed by atoms with E-state index in [2.05, 4.69) is 4.99 Å². The van der Waals surface area contributed by atoms with E-state index in [1.54, 1.807) is 36.0 Å². The zero-order chi connectivity index (χ0) is 16.4. The molecule has 0 saturated carbocycles. The summed E-state index contributed by atoms with van der Waals surface area (Å²) in [6.45, 7) is 0. The van der Waals surface area contributed by atoms with Crippen LogP contribution >= 0.6 is 35.0 Å². The van der Waals surface area contributed by atoms with Crippen LogP contribution in [0.4, 0.5) is 0 Å². The Balaban J connectivity index is 1.92. The highest BCUT2D eigenvalue weighted by molar-refractivity contribution is 7.98. The van der Waals surface area contributed by atoms with E-state index in [4.69, 9.17) is 27.9 Å². The first-order valence-corrected chi connectivity index (χ1v) is 8.67. The zero-order valence-electron chi connectivity index (χ0n) is 12.0. The third kappa shape index (κ3) is 3.61. The molecule has 3 nitrogen and oxygen atoms in total. The molecule has 3 rings (SSSR count). The van der Waals surface area contributed by atoms with Crippen LogP contribution in [-0.4, -0.2) is 18.1 Å². The Bertz CT molecular complexity index is 829. The highest BCUT2D eigenvalue weighted by Gasteiger charge is 2.25. The van der Waals surface area contributed by atoms with Crippen LogP contribution in [0.15, 0.2) is 58.0 Å². The standard InChI is InChI=1S/C17H11Cl2NO2S/c1-23-12-5-2-10(3-6-12)8-15-17(21)22-16(20-15)13-7-4-11(18)9-14(13)19/h2-9H,1H3. The molecule has 0 N–H and O–H groups in total. The zero-order valence-corrected chi connectivity index (χ0v) is 14.4. The van der Waals surface area contributed by atoms with Crippen molar-refractivity contribution in [3.63, 3.8) is 0 Å². The highest BCUT2D eigenvalue weighted by atomic mass is 35.5. The third-order valence-electron chi connectivity index (χ3n) is 3.20. The molecule has 116 valence electrons. The minimum atomic E-state index is -0.500. The molecule has 2 aromatic carbocycles. The minimum absolute atomic E-state index is 0.184. The van der Waals surface area contributed by atoms with Gasteiger partial charge >= 0.3 is 5.97 Å². The van der Waals surface area contributed by atoms with Crippen LogP contribution in [0.5, 0.6) is 0 Å². The van der Waals surface area contributed by atoms with Crippen molar-refractivity contribution in [1.82, 2.24) is 0 Å². The second-order valence-corrected chi connectivity index (χ2v) is 6.46. The summed E-state index contributed by atoms with van der Waals surface area (Å²) < 4.78 is 5.21. The SMILES string of the molecule is CSc1ccc(C=C2N=C(c3ccc(Cl)cc3Cl)OC2=O)cc1. The van der Waals surface area contributed by atoms with Crippen LogP contribution in [0.2, 0.25) is 10.0 Å². The molecule has 1 heterocycles. The second kappa shape index (κ2) is 6.79. The fourth-order valence-corrected chi connectivity index (χ4v) is 2.94. The van der Waals surface area contributed by atoms with Gasteiger partial charge in [0, 0.05) is 9.92 Å². The molecule has 2 aromatic rings. The number of carbonyl (C=O) groups excluding carboxylic acids is 1. The Hall–Kier alpha value is -1.75. The summed E-state index contributed by atoms with van der Waals surface area (Å²) in [6.07, 6.45) is 3.69. The number of rotatable bonds is 3. The summed E-state index contributed by atoms with van der Waals surface area (Å²) >= 11 is 13.6. The number of ether oxygens (including phenoxy) is 1. The van der Waals surface area contributed by atoms with Crippen molar-refractivity contribution in [3.8, 4) is 0 Å². The number of hydrogen-bond acceptors (Lipinski definition) is 4. The van der Waals surface area contributed by atoms with E-state index >= 15 is 0 Å². The van der Waals surface area contributed by atoms with Crippen molar-refractivity contribution < 1.29 is 9.53 Å². The Labute approximate surface area is 148 Å². The molecule has 0 fully saturated rings. The van der Waals surface area contributed by atoms with Gasteiger partial charge in [0.1, 0.15) is 0 Å². The first kappa shape index (κ1) is 16.1. The Morgan fingerprint density at radius 3 is 2.52 bits per heavy atom. The van der Waals surface area contributed by atoms with Gasteiger partial charge in [-0.05, 0) is 48.2 Å². The van der Waals surface area contributed by atoms with Crippen LogP contribution in [-0.2, 0) is 9.53 Å². The van der Waals surface area contributed by atoms with E-state index < -0.39 is 5.97 Å². The molecule has 1 aliphatic rings. The molecular weight excluding hydrogens is 353 g/mol. The lowest BCUT2D eigenvalue weighted by atomic mass is 10.2. The predicted octanol–water partition coefficient (Wildman–Crippen LogP) is 5.06. The molecule has 1 aliphatic heterocycles. The number of carbonyl (C=O) groups is 1. The van der Waals surface area contributed by atoms with Crippen LogP contribution in [0.3, 0.4) is 0 Å². The van der Waals surface area contributed by atoms with E-state index in [0.29, 0.717) is 15.6 Å². The maximum Gasteiger partial charge on any atom is 0.363 e. The average Bonchev–Trinajstić information content (AvgIpc) is 2.88. The fourth-order valence-electron chi connectivity index (χ4n) is 2.05. The lowest BCUT2D eigenvalue weighted by Gasteiger charge is -2.02. The molecular formula is C17H11Cl2NO2S. The van der Waals surface area contributed by atoms with Crippen molar-refractivity contribution in [1.29, 1.82) is 0 Å². The van der Waals surface area contributed by atoms with Crippen molar-refractivity contribution in [2.45, 2.75) is 4.90 Å². The number of nitrogens with zero attached hydrogens (tertiary/aromatic N) is 1. The average molecular weight is 364 g/mol. The quantitative estimate of drug-likeness (QED) is 0.434. The Kier molecular flexibility index (Phi) is 4.76. The van der Waals surface area contributed by atoms with E-state index in [1.807, 2.05) is 30.5 Å². The summed E-state index contributed by atoms with van der Waals surface area (Å²) in [7, 11) is 0. The van der Waals surface area contributed by atoms with Crippen molar-refractivity contribution in [3.05, 3.63) is 69.3 Å². The molecule has 0 atom stereocenters. The van der Waals surface area contributed by atoms with Gasteiger partial charge in [-0.25, -0.2) is 9.79 Å². The lowest BCUT2D eigenvalue weighted by molar-refractivity contribution is -0.129. The fraction of sp³-hybridized carbons (Fsp3) is 0.0588. The molecule has 23 heavy (non-hydrogen) atoms. The van der Waals surface area contributed by atoms with Crippen molar-refractivity contribution in [2.75, 3.05) is 6.26 Å². The summed E-state index contributed by atoms with van der Waals surface area (Å²) in [5.74, 6) is -0.316. The first-order chi connectivity index (χ1) is 11.1. The van der Waals surface area contributed by atoms with E-state index in [-0.39, 0.29) is 11.6 Å². The van der Waals surface area contributed by atoms with E-state index in [9.17, 15) is 4.79 Å². The van der Waals surface area contributed by atoms with Gasteiger partial charge in [0.05, 0.1) is 10.6 Å². The number of aliphatic imine (C=N–C) groups is 1. The Morgan fingerprint density at radius 2 is 1.87 bits per heavy atom. The highest BCUT2D eigenvalue weighted by Crippen LogP contribution is 2.26. The predicted molar refractivity (Wildman–Crippen MR) is 95.3 cm³/mol. The normalized spacial score (nSPS) is 15.7. The maximum absolute atomic E-state index is 12.0. The number of benzene rings is 2. The van der Waals surface area contributed by atoms with Gasteiger partial charge in [0.2, 0.25) is 5.90 Å². The van der Waals surface area contributed by atoms with Gasteiger partial charge in [0.15, 0.2) is 5.70 Å². The monoisotopic (exact) mass is 363 g/mol. The Morgan fingerprint density at radius 1 is 1.13 bits per heavy atom. The number of cyclic esters (lactones) is 1. The van der Waals surface area contributed by atoms with Gasteiger partial charge in [-0.3, -0.25) is 0 Å². The first-order valence-electron chi connectivity index (χ1n) is 6.69. The van der Waals surface area contributed by atoms with Gasteiger partial charge < -0.3 is 4.74 Å². The largest absolute Gasteiger partial charge is 0.402 e. The number of esters is 1. The van der Waals surface area contributed by atoms with Gasteiger partial charge in [-0.2, -0.15) is 0 Å². The number of thioether (sulfide) groups is 1. The summed E-state index contributed by atoms with van der Waals surface area (Å²) in [6, 6.07) is 12.7. The second-order valence-electron chi connectivity index (χ2n) is 4.73. The van der Waals surface area contributed by atoms with Crippen LogP contribution in [0.25, 0.3) is 6.08 Å². The molecule has 0 radical (unpaired) electrons. The summed E-state index contributed by atoms with van der Waals surface area (Å²) in [4.78, 5) is 17.4. The van der Waals surface area contributed by atoms with Gasteiger partial charge in [-0.1, -0.05) is 35.3 Å². The molecule has 6 heteroatoms. The number of hydrogen-bond donors (Lipinski definition) is 0. The summed E-state index contributed by atoms with van der Waals surface area (Å²) in [5.41, 5.74) is 1.65. The molecule has 0 unspecified atom stereocenters. The topological polar surface area (TPSA) is 38.7 Å². The molecule has 0 saturated heterocycles. The van der Waals surface area contributed by atoms with Gasteiger partial charge in [-0.15, -0.1) is 11.8 Å². The molecule has 0 aliphatic carbocycles. The van der Waals surface area contributed by atoms with Crippen molar-refractivity contribution in [2.24, 2.45) is 4.99 Å². The smallest absolute Gasteiger partial charge is 0.363 e. The minimum Gasteiger partial charge on any atom is -0.402 e. The molecule has 0 amide bonds. The van der Waals surface area contributed by atoms with Crippen LogP contribution in [0, 0.1) is 0 Å². The van der Waals surface area contributed by atoms with E-state index in [0.717, 1.165) is 10.5 Å². The van der Waals surface area contributed by atoms with Crippen LogP contribution < -0.4 is 0 Å². The molecule has 0 bridgehead atoms. The third-order valence-corrected chi connectivity index (χ3v) is 4.49. The molecule has 0 aromatic heterocycles.